The zero-order valence-electron chi connectivity index (χ0n) is 11.3. The molecule has 0 atom stereocenters. The van der Waals surface area contributed by atoms with E-state index < -0.39 is 5.97 Å². The lowest BCUT2D eigenvalue weighted by Crippen LogP contribution is -2.27. The summed E-state index contributed by atoms with van der Waals surface area (Å²) < 4.78 is 5.37. The highest BCUT2D eigenvalue weighted by atomic mass is 16.5. The van der Waals surface area contributed by atoms with E-state index >= 15 is 0 Å². The van der Waals surface area contributed by atoms with Gasteiger partial charge in [-0.25, -0.2) is 0 Å². The number of para-hydroxylation sites is 1. The molecule has 0 radical (unpaired) electrons. The number of ether oxygens (including phenoxy) is 1. The summed E-state index contributed by atoms with van der Waals surface area (Å²) in [6, 6.07) is 8.65. The first-order valence-corrected chi connectivity index (χ1v) is 6.78. The van der Waals surface area contributed by atoms with Gasteiger partial charge < -0.3 is 9.84 Å². The van der Waals surface area contributed by atoms with E-state index in [-0.39, 0.29) is 6.42 Å². The van der Waals surface area contributed by atoms with E-state index in [1.807, 2.05) is 18.2 Å². The molecular weight excluding hydrogens is 242 g/mol. The summed E-state index contributed by atoms with van der Waals surface area (Å²) in [5.41, 5.74) is 1.17. The van der Waals surface area contributed by atoms with Crippen molar-refractivity contribution in [1.82, 2.24) is 4.90 Å². The summed E-state index contributed by atoms with van der Waals surface area (Å²) >= 11 is 0. The highest BCUT2D eigenvalue weighted by Gasteiger charge is 2.29. The molecule has 1 aliphatic carbocycles. The third-order valence-electron chi connectivity index (χ3n) is 3.47. The summed E-state index contributed by atoms with van der Waals surface area (Å²) in [5.74, 6) is 0.194. The number of rotatable bonds is 8. The highest BCUT2D eigenvalue weighted by molar-refractivity contribution is 5.66. The maximum Gasteiger partial charge on any atom is 0.303 e. The molecule has 1 aliphatic rings. The third kappa shape index (κ3) is 4.24. The fraction of sp³-hybridized carbons (Fsp3) is 0.533. The second-order valence-corrected chi connectivity index (χ2v) is 5.01. The molecule has 1 aromatic carbocycles. The molecule has 1 aromatic rings. The maximum absolute atomic E-state index is 10.6. The van der Waals surface area contributed by atoms with Gasteiger partial charge in [-0.2, -0.15) is 0 Å². The second-order valence-electron chi connectivity index (χ2n) is 5.01. The van der Waals surface area contributed by atoms with Crippen LogP contribution in [0, 0.1) is 0 Å². The van der Waals surface area contributed by atoms with Crippen molar-refractivity contribution in [3.8, 4) is 5.75 Å². The fourth-order valence-electron chi connectivity index (χ4n) is 2.32. The van der Waals surface area contributed by atoms with Crippen molar-refractivity contribution in [2.75, 3.05) is 13.7 Å². The Bertz CT molecular complexity index is 429. The SMILES string of the molecule is COc1ccccc1CN(CCCC(=O)O)C1CC1. The van der Waals surface area contributed by atoms with Crippen LogP contribution in [0.4, 0.5) is 0 Å². The number of methoxy groups -OCH3 is 1. The van der Waals surface area contributed by atoms with Gasteiger partial charge in [-0.1, -0.05) is 18.2 Å². The summed E-state index contributed by atoms with van der Waals surface area (Å²) in [6.45, 7) is 1.68. The molecule has 0 aliphatic heterocycles. The zero-order valence-corrected chi connectivity index (χ0v) is 11.3. The van der Waals surface area contributed by atoms with Crippen LogP contribution in [0.3, 0.4) is 0 Å². The zero-order chi connectivity index (χ0) is 13.7. The molecular formula is C15H21NO3. The van der Waals surface area contributed by atoms with E-state index in [2.05, 4.69) is 11.0 Å². The first kappa shape index (κ1) is 13.9. The van der Waals surface area contributed by atoms with E-state index in [1.165, 1.54) is 18.4 Å². The van der Waals surface area contributed by atoms with Crippen LogP contribution in [0.1, 0.15) is 31.2 Å². The lowest BCUT2D eigenvalue weighted by atomic mass is 10.1. The molecule has 0 bridgehead atoms. The van der Waals surface area contributed by atoms with Crippen molar-refractivity contribution in [1.29, 1.82) is 0 Å². The van der Waals surface area contributed by atoms with Gasteiger partial charge in [0.25, 0.3) is 0 Å². The molecule has 1 fully saturated rings. The molecule has 2 rings (SSSR count). The van der Waals surface area contributed by atoms with Crippen molar-refractivity contribution in [3.05, 3.63) is 29.8 Å². The predicted octanol–water partition coefficient (Wildman–Crippen LogP) is 2.52. The van der Waals surface area contributed by atoms with Gasteiger partial charge in [-0.05, 0) is 31.9 Å². The minimum atomic E-state index is -0.715. The van der Waals surface area contributed by atoms with Gasteiger partial charge in [0.15, 0.2) is 0 Å². The van der Waals surface area contributed by atoms with Crippen LogP contribution >= 0.6 is 0 Å². The van der Waals surface area contributed by atoms with Crippen molar-refractivity contribution < 1.29 is 14.6 Å². The van der Waals surface area contributed by atoms with Gasteiger partial charge in [-0.15, -0.1) is 0 Å². The van der Waals surface area contributed by atoms with Crippen LogP contribution in [-0.2, 0) is 11.3 Å². The molecule has 0 heterocycles. The first-order chi connectivity index (χ1) is 9.20. The van der Waals surface area contributed by atoms with E-state index in [0.717, 1.165) is 18.8 Å². The van der Waals surface area contributed by atoms with Gasteiger partial charge in [0.1, 0.15) is 5.75 Å². The summed E-state index contributed by atoms with van der Waals surface area (Å²) in [5, 5.41) is 8.71. The quantitative estimate of drug-likeness (QED) is 0.783. The van der Waals surface area contributed by atoms with Crippen LogP contribution < -0.4 is 4.74 Å². The van der Waals surface area contributed by atoms with Crippen LogP contribution in [0.15, 0.2) is 24.3 Å². The van der Waals surface area contributed by atoms with E-state index in [0.29, 0.717) is 12.5 Å². The number of carboxylic acid groups (broad SMARTS) is 1. The van der Waals surface area contributed by atoms with Crippen molar-refractivity contribution in [3.63, 3.8) is 0 Å². The van der Waals surface area contributed by atoms with Crippen molar-refractivity contribution in [2.24, 2.45) is 0 Å². The molecule has 104 valence electrons. The minimum Gasteiger partial charge on any atom is -0.496 e. The topological polar surface area (TPSA) is 49.8 Å². The molecule has 1 saturated carbocycles. The molecule has 19 heavy (non-hydrogen) atoms. The number of hydrogen-bond acceptors (Lipinski definition) is 3. The Hall–Kier alpha value is -1.55. The number of aliphatic carboxylic acids is 1. The van der Waals surface area contributed by atoms with E-state index in [1.54, 1.807) is 7.11 Å². The number of carbonyl (C=O) groups is 1. The smallest absolute Gasteiger partial charge is 0.303 e. The van der Waals surface area contributed by atoms with Crippen molar-refractivity contribution >= 4 is 5.97 Å². The van der Waals surface area contributed by atoms with Gasteiger partial charge in [0.05, 0.1) is 7.11 Å². The number of benzene rings is 1. The Morgan fingerprint density at radius 3 is 2.79 bits per heavy atom. The number of carboxylic acids is 1. The van der Waals surface area contributed by atoms with E-state index in [9.17, 15) is 4.79 Å². The molecule has 1 N–H and O–H groups in total. The van der Waals surface area contributed by atoms with Crippen LogP contribution in [-0.4, -0.2) is 35.7 Å². The average Bonchev–Trinajstić information content (AvgIpc) is 3.22. The monoisotopic (exact) mass is 263 g/mol. The largest absolute Gasteiger partial charge is 0.496 e. The van der Waals surface area contributed by atoms with Gasteiger partial charge in [0, 0.05) is 24.6 Å². The van der Waals surface area contributed by atoms with Crippen LogP contribution in [0.25, 0.3) is 0 Å². The molecule has 0 saturated heterocycles. The molecule has 0 unspecified atom stereocenters. The Morgan fingerprint density at radius 1 is 1.42 bits per heavy atom. The summed E-state index contributed by atoms with van der Waals surface area (Å²) in [7, 11) is 1.69. The first-order valence-electron chi connectivity index (χ1n) is 6.78. The van der Waals surface area contributed by atoms with Gasteiger partial charge in [0.2, 0.25) is 0 Å². The molecule has 0 aromatic heterocycles. The van der Waals surface area contributed by atoms with Gasteiger partial charge >= 0.3 is 5.97 Å². The minimum absolute atomic E-state index is 0.245. The standard InChI is InChI=1S/C15H21NO3/c1-19-14-6-3-2-5-12(14)11-16(13-8-9-13)10-4-7-15(17)18/h2-3,5-6,13H,4,7-11H2,1H3,(H,17,18). The lowest BCUT2D eigenvalue weighted by Gasteiger charge is -2.22. The Labute approximate surface area is 114 Å². The highest BCUT2D eigenvalue weighted by Crippen LogP contribution is 2.30. The lowest BCUT2D eigenvalue weighted by molar-refractivity contribution is -0.137. The fourth-order valence-corrected chi connectivity index (χ4v) is 2.32. The molecule has 0 spiro atoms. The van der Waals surface area contributed by atoms with E-state index in [4.69, 9.17) is 9.84 Å². The maximum atomic E-state index is 10.6. The number of nitrogens with zero attached hydrogens (tertiary/aromatic N) is 1. The normalized spacial score (nSPS) is 14.6. The second kappa shape index (κ2) is 6.57. The molecule has 0 amide bonds. The van der Waals surface area contributed by atoms with Crippen LogP contribution in [0.5, 0.6) is 5.75 Å². The van der Waals surface area contributed by atoms with Crippen LogP contribution in [0.2, 0.25) is 0 Å². The Kier molecular flexibility index (Phi) is 4.80. The Morgan fingerprint density at radius 2 is 2.16 bits per heavy atom. The molecule has 4 heteroatoms. The van der Waals surface area contributed by atoms with Gasteiger partial charge in [-0.3, -0.25) is 9.69 Å². The summed E-state index contributed by atoms with van der Waals surface area (Å²) in [6.07, 6.45) is 3.40. The third-order valence-corrected chi connectivity index (χ3v) is 3.47. The predicted molar refractivity (Wildman–Crippen MR) is 73.3 cm³/mol. The van der Waals surface area contributed by atoms with Crippen molar-refractivity contribution in [2.45, 2.75) is 38.3 Å². The Balaban J connectivity index is 1.94. The average molecular weight is 263 g/mol. The number of hydrogen-bond donors (Lipinski definition) is 1. The summed E-state index contributed by atoms with van der Waals surface area (Å²) in [4.78, 5) is 13.0. The molecule has 4 nitrogen and oxygen atoms in total.